The van der Waals surface area contributed by atoms with E-state index in [2.05, 4.69) is 13.0 Å². The summed E-state index contributed by atoms with van der Waals surface area (Å²) >= 11 is 0. The fourth-order valence-electron chi connectivity index (χ4n) is 6.25. The third-order valence-corrected chi connectivity index (χ3v) is 7.76. The van der Waals surface area contributed by atoms with E-state index in [9.17, 15) is 19.8 Å². The van der Waals surface area contributed by atoms with E-state index in [4.69, 9.17) is 0 Å². The van der Waals surface area contributed by atoms with Crippen LogP contribution < -0.4 is 0 Å². The summed E-state index contributed by atoms with van der Waals surface area (Å²) in [6.07, 6.45) is 5.84. The molecule has 0 aliphatic heterocycles. The van der Waals surface area contributed by atoms with Gasteiger partial charge in [-0.05, 0) is 42.4 Å². The standard InChI is InChI=1S/C19H26O4/c1-18-5-3-11(20)7-10(18)8-14(21)16-12(18)4-6-19(2)13(16)9-15(22)17(19)23/h3,5,10-13,16-17,20,23H,4,6-9H2,1-2H3/t10?,11?,12-,13+,16-,17?,18+,19+/m1/s1. The number of hydrogen-bond acceptors (Lipinski definition) is 4. The summed E-state index contributed by atoms with van der Waals surface area (Å²) in [7, 11) is 0. The van der Waals surface area contributed by atoms with Gasteiger partial charge in [-0.15, -0.1) is 0 Å². The number of ketones is 2. The fraction of sp³-hybridized carbons (Fsp3) is 0.789. The molecule has 4 aliphatic carbocycles. The predicted molar refractivity (Wildman–Crippen MR) is 84.4 cm³/mol. The highest BCUT2D eigenvalue weighted by atomic mass is 16.3. The third kappa shape index (κ3) is 1.91. The Balaban J connectivity index is 1.75. The summed E-state index contributed by atoms with van der Waals surface area (Å²) in [6, 6.07) is 0. The zero-order valence-electron chi connectivity index (χ0n) is 13.9. The first-order chi connectivity index (χ1) is 10.8. The Morgan fingerprint density at radius 1 is 1.09 bits per heavy atom. The number of carbonyl (C=O) groups is 2. The van der Waals surface area contributed by atoms with Gasteiger partial charge in [-0.25, -0.2) is 0 Å². The van der Waals surface area contributed by atoms with E-state index in [1.165, 1.54) is 0 Å². The number of rotatable bonds is 0. The molecule has 4 rings (SSSR count). The molecule has 3 fully saturated rings. The Kier molecular flexibility index (Phi) is 3.21. The summed E-state index contributed by atoms with van der Waals surface area (Å²) in [5.41, 5.74) is -0.509. The lowest BCUT2D eigenvalue weighted by Gasteiger charge is -2.57. The first kappa shape index (κ1) is 15.5. The van der Waals surface area contributed by atoms with E-state index < -0.39 is 17.6 Å². The molecule has 0 aromatic carbocycles. The molecule has 0 heterocycles. The van der Waals surface area contributed by atoms with E-state index in [0.717, 1.165) is 12.8 Å². The second-order valence-electron chi connectivity index (χ2n) is 8.75. The van der Waals surface area contributed by atoms with Gasteiger partial charge in [0.2, 0.25) is 0 Å². The Morgan fingerprint density at radius 2 is 1.83 bits per heavy atom. The molecule has 0 saturated heterocycles. The van der Waals surface area contributed by atoms with E-state index >= 15 is 0 Å². The molecular formula is C19H26O4. The van der Waals surface area contributed by atoms with Gasteiger partial charge in [0, 0.05) is 24.2 Å². The average molecular weight is 318 g/mol. The van der Waals surface area contributed by atoms with Crippen molar-refractivity contribution in [2.75, 3.05) is 0 Å². The lowest BCUT2D eigenvalue weighted by Crippen LogP contribution is -2.56. The molecule has 23 heavy (non-hydrogen) atoms. The summed E-state index contributed by atoms with van der Waals surface area (Å²) in [5.74, 6) is 0.451. The predicted octanol–water partition coefficient (Wildman–Crippen LogP) is 1.88. The highest BCUT2D eigenvalue weighted by molar-refractivity contribution is 5.90. The average Bonchev–Trinajstić information content (AvgIpc) is 2.73. The van der Waals surface area contributed by atoms with Crippen molar-refractivity contribution in [2.24, 2.45) is 34.5 Å². The summed E-state index contributed by atoms with van der Waals surface area (Å²) in [6.45, 7) is 4.21. The van der Waals surface area contributed by atoms with E-state index in [-0.39, 0.29) is 40.7 Å². The normalized spacial score (nSPS) is 55.3. The number of Topliss-reactive ketones (excluding diaryl/α,β-unsaturated/α-hetero) is 2. The number of aliphatic hydroxyl groups is 2. The van der Waals surface area contributed by atoms with Gasteiger partial charge < -0.3 is 10.2 Å². The molecule has 4 heteroatoms. The topological polar surface area (TPSA) is 74.6 Å². The largest absolute Gasteiger partial charge is 0.389 e. The number of carbonyl (C=O) groups excluding carboxylic acids is 2. The van der Waals surface area contributed by atoms with Crippen LogP contribution in [-0.4, -0.2) is 34.0 Å². The minimum absolute atomic E-state index is 0.0192. The van der Waals surface area contributed by atoms with Crippen LogP contribution in [0.15, 0.2) is 12.2 Å². The quantitative estimate of drug-likeness (QED) is 0.669. The van der Waals surface area contributed by atoms with Gasteiger partial charge in [-0.2, -0.15) is 0 Å². The van der Waals surface area contributed by atoms with Crippen LogP contribution >= 0.6 is 0 Å². The first-order valence-corrected chi connectivity index (χ1v) is 8.88. The van der Waals surface area contributed by atoms with Crippen LogP contribution in [0.25, 0.3) is 0 Å². The Labute approximate surface area is 137 Å². The van der Waals surface area contributed by atoms with Gasteiger partial charge in [0.15, 0.2) is 5.78 Å². The Hall–Kier alpha value is -1.00. The molecule has 3 saturated carbocycles. The number of fused-ring (bicyclic) bond motifs is 5. The molecule has 0 bridgehead atoms. The van der Waals surface area contributed by atoms with Crippen LogP contribution in [0.5, 0.6) is 0 Å². The monoisotopic (exact) mass is 318 g/mol. The van der Waals surface area contributed by atoms with Crippen molar-refractivity contribution in [1.82, 2.24) is 0 Å². The van der Waals surface area contributed by atoms with Gasteiger partial charge >= 0.3 is 0 Å². The minimum Gasteiger partial charge on any atom is -0.389 e. The molecule has 8 atom stereocenters. The van der Waals surface area contributed by atoms with Crippen LogP contribution in [0.1, 0.15) is 46.0 Å². The molecule has 0 aromatic rings. The summed E-state index contributed by atoms with van der Waals surface area (Å²) < 4.78 is 0. The fourth-order valence-corrected chi connectivity index (χ4v) is 6.25. The molecule has 0 spiro atoms. The minimum atomic E-state index is -0.907. The highest BCUT2D eigenvalue weighted by Crippen LogP contribution is 2.63. The molecule has 3 unspecified atom stereocenters. The van der Waals surface area contributed by atoms with Gasteiger partial charge in [-0.1, -0.05) is 26.0 Å². The van der Waals surface area contributed by atoms with Crippen molar-refractivity contribution in [1.29, 1.82) is 0 Å². The van der Waals surface area contributed by atoms with Crippen LogP contribution in [0, 0.1) is 34.5 Å². The van der Waals surface area contributed by atoms with Crippen molar-refractivity contribution >= 4 is 11.6 Å². The molecule has 126 valence electrons. The molecule has 4 nitrogen and oxygen atoms in total. The third-order valence-electron chi connectivity index (χ3n) is 7.76. The molecule has 0 amide bonds. The lowest BCUT2D eigenvalue weighted by atomic mass is 9.46. The van der Waals surface area contributed by atoms with E-state index in [1.807, 2.05) is 13.0 Å². The summed E-state index contributed by atoms with van der Waals surface area (Å²) in [4.78, 5) is 25.1. The molecule has 0 aromatic heterocycles. The maximum atomic E-state index is 12.9. The second-order valence-corrected chi connectivity index (χ2v) is 8.75. The van der Waals surface area contributed by atoms with Crippen molar-refractivity contribution in [3.63, 3.8) is 0 Å². The maximum Gasteiger partial charge on any atom is 0.162 e. The van der Waals surface area contributed by atoms with Gasteiger partial charge in [0.05, 0.1) is 6.10 Å². The molecular weight excluding hydrogens is 292 g/mol. The van der Waals surface area contributed by atoms with Crippen molar-refractivity contribution in [2.45, 2.75) is 58.2 Å². The van der Waals surface area contributed by atoms with Gasteiger partial charge in [0.25, 0.3) is 0 Å². The molecule has 2 N–H and O–H groups in total. The second kappa shape index (κ2) is 4.76. The summed E-state index contributed by atoms with van der Waals surface area (Å²) in [5, 5.41) is 20.3. The number of hydrogen-bond donors (Lipinski definition) is 2. The van der Waals surface area contributed by atoms with Crippen LogP contribution in [-0.2, 0) is 9.59 Å². The highest BCUT2D eigenvalue weighted by Gasteiger charge is 2.63. The van der Waals surface area contributed by atoms with Crippen LogP contribution in [0.3, 0.4) is 0 Å². The number of aliphatic hydroxyl groups excluding tert-OH is 2. The van der Waals surface area contributed by atoms with Gasteiger partial charge in [0.1, 0.15) is 11.9 Å². The maximum absolute atomic E-state index is 12.9. The first-order valence-electron chi connectivity index (χ1n) is 8.88. The van der Waals surface area contributed by atoms with E-state index in [1.54, 1.807) is 0 Å². The molecule has 0 radical (unpaired) electrons. The van der Waals surface area contributed by atoms with Crippen molar-refractivity contribution in [3.05, 3.63) is 12.2 Å². The zero-order chi connectivity index (χ0) is 16.6. The van der Waals surface area contributed by atoms with Gasteiger partial charge in [-0.3, -0.25) is 9.59 Å². The molecule has 4 aliphatic rings. The smallest absolute Gasteiger partial charge is 0.162 e. The Morgan fingerprint density at radius 3 is 2.57 bits per heavy atom. The SMILES string of the molecule is C[C@]12C=CC(O)CC1CC(=O)[C@@H]1[C@H]2CC[C@]2(C)C(O)C(=O)C[C@@H]12. The Bertz CT molecular complexity index is 596. The van der Waals surface area contributed by atoms with E-state index in [0.29, 0.717) is 19.3 Å². The van der Waals surface area contributed by atoms with Crippen molar-refractivity contribution in [3.8, 4) is 0 Å². The zero-order valence-corrected chi connectivity index (χ0v) is 13.9. The number of allylic oxidation sites excluding steroid dienone is 1. The van der Waals surface area contributed by atoms with Crippen molar-refractivity contribution < 1.29 is 19.8 Å². The van der Waals surface area contributed by atoms with Crippen LogP contribution in [0.4, 0.5) is 0 Å². The van der Waals surface area contributed by atoms with Crippen LogP contribution in [0.2, 0.25) is 0 Å². The lowest BCUT2D eigenvalue weighted by molar-refractivity contribution is -0.151.